The van der Waals surface area contributed by atoms with Gasteiger partial charge >= 0.3 is 0 Å². The maximum Gasteiger partial charge on any atom is 0.115 e. The number of phenols is 1. The van der Waals surface area contributed by atoms with Gasteiger partial charge in [0.25, 0.3) is 0 Å². The molecule has 0 spiro atoms. The van der Waals surface area contributed by atoms with Gasteiger partial charge in [-0.2, -0.15) is 0 Å². The average molecular weight is 193 g/mol. The summed E-state index contributed by atoms with van der Waals surface area (Å²) in [6.07, 6.45) is 0. The fourth-order valence-electron chi connectivity index (χ4n) is 1.13. The Kier molecular flexibility index (Phi) is 3.96. The monoisotopic (exact) mass is 193 g/mol. The lowest BCUT2D eigenvalue weighted by Gasteiger charge is -2.17. The van der Waals surface area contributed by atoms with Crippen molar-refractivity contribution in [3.63, 3.8) is 0 Å². The lowest BCUT2D eigenvalue weighted by atomic mass is 10.1. The molecule has 1 unspecified atom stereocenters. The molecule has 2 nitrogen and oxygen atoms in total. The molecule has 1 rings (SSSR count). The minimum Gasteiger partial charge on any atom is -0.508 e. The summed E-state index contributed by atoms with van der Waals surface area (Å²) in [5, 5.41) is 12.5. The predicted octanol–water partition coefficient (Wildman–Crippen LogP) is 2.53. The highest BCUT2D eigenvalue weighted by molar-refractivity contribution is 5.25. The highest BCUT2D eigenvalue weighted by Gasteiger charge is 2.05. The van der Waals surface area contributed by atoms with Crippen molar-refractivity contribution in [3.8, 4) is 5.75 Å². The molecule has 0 aliphatic carbocycles. The van der Waals surface area contributed by atoms with Crippen LogP contribution in [0.15, 0.2) is 24.3 Å². The highest BCUT2D eigenvalue weighted by atomic mass is 16.3. The van der Waals surface area contributed by atoms with Gasteiger partial charge < -0.3 is 10.4 Å². The molecule has 14 heavy (non-hydrogen) atoms. The van der Waals surface area contributed by atoms with Crippen LogP contribution in [0, 0.1) is 5.92 Å². The van der Waals surface area contributed by atoms with Gasteiger partial charge in [-0.3, -0.25) is 0 Å². The molecule has 0 bridgehead atoms. The number of aromatic hydroxyl groups is 1. The van der Waals surface area contributed by atoms with E-state index in [0.29, 0.717) is 17.7 Å². The molecular formula is C12H19NO. The largest absolute Gasteiger partial charge is 0.508 e. The molecule has 1 aromatic rings. The second-order valence-electron chi connectivity index (χ2n) is 4.08. The van der Waals surface area contributed by atoms with Gasteiger partial charge in [0.2, 0.25) is 0 Å². The summed E-state index contributed by atoms with van der Waals surface area (Å²) in [5.41, 5.74) is 1.20. The normalized spacial score (nSPS) is 13.1. The van der Waals surface area contributed by atoms with Crippen LogP contribution >= 0.6 is 0 Å². The first kappa shape index (κ1) is 11.1. The van der Waals surface area contributed by atoms with E-state index in [0.717, 1.165) is 6.54 Å². The van der Waals surface area contributed by atoms with E-state index >= 15 is 0 Å². The van der Waals surface area contributed by atoms with Crippen molar-refractivity contribution in [1.29, 1.82) is 0 Å². The molecular weight excluding hydrogens is 174 g/mol. The third-order valence-electron chi connectivity index (χ3n) is 2.56. The van der Waals surface area contributed by atoms with Crippen LogP contribution in [0.1, 0.15) is 26.3 Å². The first-order chi connectivity index (χ1) is 6.59. The smallest absolute Gasteiger partial charge is 0.115 e. The quantitative estimate of drug-likeness (QED) is 0.770. The van der Waals surface area contributed by atoms with Gasteiger partial charge in [-0.25, -0.2) is 0 Å². The van der Waals surface area contributed by atoms with Gasteiger partial charge in [-0.1, -0.05) is 26.0 Å². The van der Waals surface area contributed by atoms with Crippen LogP contribution < -0.4 is 5.32 Å². The standard InChI is InChI=1S/C12H19NO/c1-9(2)10(3)13-8-11-4-6-12(14)7-5-11/h4-7,9-10,13-14H,8H2,1-3H3. The fraction of sp³-hybridized carbons (Fsp3) is 0.500. The molecule has 0 fully saturated rings. The Morgan fingerprint density at radius 2 is 1.71 bits per heavy atom. The van der Waals surface area contributed by atoms with E-state index < -0.39 is 0 Å². The predicted molar refractivity (Wildman–Crippen MR) is 59.2 cm³/mol. The minimum absolute atomic E-state index is 0.325. The molecule has 2 N–H and O–H groups in total. The Morgan fingerprint density at radius 3 is 2.21 bits per heavy atom. The third kappa shape index (κ3) is 3.38. The summed E-state index contributed by atoms with van der Waals surface area (Å²) in [6.45, 7) is 7.45. The summed E-state index contributed by atoms with van der Waals surface area (Å²) in [6, 6.07) is 7.84. The average Bonchev–Trinajstić information content (AvgIpc) is 2.16. The van der Waals surface area contributed by atoms with Crippen LogP contribution in [0.25, 0.3) is 0 Å². The van der Waals surface area contributed by atoms with Crippen molar-refractivity contribution >= 4 is 0 Å². The summed E-state index contributed by atoms with van der Waals surface area (Å²) in [5.74, 6) is 0.970. The number of benzene rings is 1. The number of hydrogen-bond donors (Lipinski definition) is 2. The summed E-state index contributed by atoms with van der Waals surface area (Å²) < 4.78 is 0. The maximum atomic E-state index is 9.10. The van der Waals surface area contributed by atoms with Gasteiger partial charge in [0.15, 0.2) is 0 Å². The van der Waals surface area contributed by atoms with Crippen molar-refractivity contribution in [2.45, 2.75) is 33.4 Å². The Hall–Kier alpha value is -1.02. The zero-order valence-electron chi connectivity index (χ0n) is 9.12. The van der Waals surface area contributed by atoms with E-state index in [4.69, 9.17) is 5.11 Å². The molecule has 1 aromatic carbocycles. The van der Waals surface area contributed by atoms with Crippen LogP contribution in [0.2, 0.25) is 0 Å². The number of nitrogens with one attached hydrogen (secondary N) is 1. The first-order valence-electron chi connectivity index (χ1n) is 5.11. The van der Waals surface area contributed by atoms with Crippen molar-refractivity contribution in [2.75, 3.05) is 0 Å². The fourth-order valence-corrected chi connectivity index (χ4v) is 1.13. The van der Waals surface area contributed by atoms with Gasteiger partial charge in [0.1, 0.15) is 5.75 Å². The third-order valence-corrected chi connectivity index (χ3v) is 2.56. The number of phenolic OH excluding ortho intramolecular Hbond substituents is 1. The van der Waals surface area contributed by atoms with Crippen molar-refractivity contribution in [2.24, 2.45) is 5.92 Å². The molecule has 0 saturated carbocycles. The minimum atomic E-state index is 0.325. The zero-order chi connectivity index (χ0) is 10.6. The molecule has 2 heteroatoms. The van der Waals surface area contributed by atoms with Crippen LogP contribution in [0.3, 0.4) is 0 Å². The molecule has 0 radical (unpaired) electrons. The topological polar surface area (TPSA) is 32.3 Å². The summed E-state index contributed by atoms with van der Waals surface area (Å²) >= 11 is 0. The van der Waals surface area contributed by atoms with Gasteiger partial charge in [-0.05, 0) is 30.5 Å². The Labute approximate surface area is 86.0 Å². The van der Waals surface area contributed by atoms with E-state index in [-0.39, 0.29) is 0 Å². The van der Waals surface area contributed by atoms with E-state index in [1.807, 2.05) is 12.1 Å². The second kappa shape index (κ2) is 5.01. The molecule has 0 aliphatic rings. The molecule has 0 aliphatic heterocycles. The Balaban J connectivity index is 2.42. The van der Waals surface area contributed by atoms with E-state index in [1.165, 1.54) is 5.56 Å². The highest BCUT2D eigenvalue weighted by Crippen LogP contribution is 2.10. The lowest BCUT2D eigenvalue weighted by molar-refractivity contribution is 0.426. The van der Waals surface area contributed by atoms with Crippen LogP contribution in [0.4, 0.5) is 0 Å². The summed E-state index contributed by atoms with van der Waals surface area (Å²) in [7, 11) is 0. The van der Waals surface area contributed by atoms with Crippen LogP contribution in [0.5, 0.6) is 5.75 Å². The zero-order valence-corrected chi connectivity index (χ0v) is 9.12. The summed E-state index contributed by atoms with van der Waals surface area (Å²) in [4.78, 5) is 0. The van der Waals surface area contributed by atoms with Gasteiger partial charge in [-0.15, -0.1) is 0 Å². The molecule has 78 valence electrons. The van der Waals surface area contributed by atoms with E-state index in [9.17, 15) is 0 Å². The number of hydrogen-bond acceptors (Lipinski definition) is 2. The van der Waals surface area contributed by atoms with Crippen molar-refractivity contribution < 1.29 is 5.11 Å². The molecule has 0 saturated heterocycles. The van der Waals surface area contributed by atoms with Gasteiger partial charge in [0.05, 0.1) is 0 Å². The number of rotatable bonds is 4. The van der Waals surface area contributed by atoms with Gasteiger partial charge in [0, 0.05) is 12.6 Å². The lowest BCUT2D eigenvalue weighted by Crippen LogP contribution is -2.30. The van der Waals surface area contributed by atoms with Crippen LogP contribution in [-0.4, -0.2) is 11.1 Å². The Bertz CT molecular complexity index is 266. The molecule has 0 heterocycles. The molecule has 1 atom stereocenters. The SMILES string of the molecule is CC(C)C(C)NCc1ccc(O)cc1. The molecule has 0 aromatic heterocycles. The Morgan fingerprint density at radius 1 is 1.14 bits per heavy atom. The van der Waals surface area contributed by atoms with Crippen LogP contribution in [-0.2, 0) is 6.54 Å². The van der Waals surface area contributed by atoms with Crippen molar-refractivity contribution in [1.82, 2.24) is 5.32 Å². The van der Waals surface area contributed by atoms with E-state index in [1.54, 1.807) is 12.1 Å². The van der Waals surface area contributed by atoms with Crippen molar-refractivity contribution in [3.05, 3.63) is 29.8 Å². The maximum absolute atomic E-state index is 9.10. The second-order valence-corrected chi connectivity index (χ2v) is 4.08. The molecule has 0 amide bonds. The van der Waals surface area contributed by atoms with E-state index in [2.05, 4.69) is 26.1 Å². The first-order valence-corrected chi connectivity index (χ1v) is 5.11.